The average Bonchev–Trinajstić information content (AvgIpc) is 3.78. The second-order valence-electron chi connectivity index (χ2n) is 14.1. The maximum Gasteiger partial charge on any atom is 0.271 e. The molecule has 5 atom stereocenters. The molecule has 6 rings (SSSR count). The number of aromatic amines is 1. The van der Waals surface area contributed by atoms with Crippen molar-refractivity contribution in [3.05, 3.63) is 65.9 Å². The van der Waals surface area contributed by atoms with E-state index in [9.17, 15) is 19.2 Å². The Balaban J connectivity index is 1.24. The zero-order valence-corrected chi connectivity index (χ0v) is 27.1. The third-order valence-electron chi connectivity index (χ3n) is 10.0. The van der Waals surface area contributed by atoms with Crippen molar-refractivity contribution in [2.75, 3.05) is 20.3 Å². The van der Waals surface area contributed by atoms with Crippen molar-refractivity contribution in [1.82, 2.24) is 20.5 Å². The lowest BCUT2D eigenvalue weighted by molar-refractivity contribution is -0.135. The molecule has 3 fully saturated rings. The van der Waals surface area contributed by atoms with E-state index in [-0.39, 0.29) is 55.0 Å². The van der Waals surface area contributed by atoms with Gasteiger partial charge in [0.05, 0.1) is 25.2 Å². The molecule has 46 heavy (non-hydrogen) atoms. The summed E-state index contributed by atoms with van der Waals surface area (Å²) in [5.74, 6) is -0.200. The fraction of sp³-hybridized carbons (Fsp3) is 0.500. The molecular weight excluding hydrogens is 584 g/mol. The van der Waals surface area contributed by atoms with Gasteiger partial charge in [-0.3, -0.25) is 19.2 Å². The van der Waals surface area contributed by atoms with Crippen LogP contribution in [0.15, 0.2) is 54.6 Å². The topological polar surface area (TPSA) is 130 Å². The van der Waals surface area contributed by atoms with Crippen LogP contribution in [0.5, 0.6) is 5.75 Å². The van der Waals surface area contributed by atoms with E-state index in [2.05, 4.69) is 15.6 Å². The number of ketones is 1. The van der Waals surface area contributed by atoms with Crippen LogP contribution in [0.2, 0.25) is 0 Å². The van der Waals surface area contributed by atoms with Gasteiger partial charge in [-0.05, 0) is 75.1 Å². The van der Waals surface area contributed by atoms with E-state index < -0.39 is 23.0 Å². The molecule has 10 heteroatoms. The summed E-state index contributed by atoms with van der Waals surface area (Å²) in [4.78, 5) is 60.1. The lowest BCUT2D eigenvalue weighted by Gasteiger charge is -2.31. The van der Waals surface area contributed by atoms with Crippen LogP contribution in [0.25, 0.3) is 10.9 Å². The summed E-state index contributed by atoms with van der Waals surface area (Å²) < 4.78 is 11.3. The van der Waals surface area contributed by atoms with Crippen molar-refractivity contribution < 1.29 is 28.7 Å². The summed E-state index contributed by atoms with van der Waals surface area (Å²) in [6.45, 7) is 6.27. The first-order valence-electron chi connectivity index (χ1n) is 16.2. The fourth-order valence-electron chi connectivity index (χ4n) is 8.05. The van der Waals surface area contributed by atoms with Gasteiger partial charge in [0.2, 0.25) is 11.8 Å². The number of carbonyl (C=O) groups excluding carboxylic acids is 4. The number of ether oxygens (including phenoxy) is 2. The molecule has 3 heterocycles. The normalized spacial score (nSPS) is 25.7. The standard InChI is InChI=1S/C36H44N4O6/c1-35(2)21-36(3,34(44)39-35)17-28(29(41)20-46-19-22-10-6-5-7-11-22)38-32(42)31-24-13-8-12-23(24)18-40(31)33(43)27-16-25-26(37-27)14-9-15-30(25)45-4/h5-7,9-11,14-16,23-24,28,31,37H,8,12-13,17-21H2,1-4H3,(H,38,42)(H,39,44)/t23-,24-,28?,31-,36+/m0/s1. The van der Waals surface area contributed by atoms with E-state index in [1.165, 1.54) is 0 Å². The first-order chi connectivity index (χ1) is 22.0. The molecule has 2 aromatic carbocycles. The first-order valence-corrected chi connectivity index (χ1v) is 16.2. The number of H-pyrrole nitrogens is 1. The van der Waals surface area contributed by atoms with E-state index in [0.717, 1.165) is 35.7 Å². The van der Waals surface area contributed by atoms with Gasteiger partial charge < -0.3 is 30.0 Å². The highest BCUT2D eigenvalue weighted by atomic mass is 16.5. The number of nitrogens with zero attached hydrogens (tertiary/aromatic N) is 1. The highest BCUT2D eigenvalue weighted by Gasteiger charge is 2.52. The molecule has 3 aliphatic rings. The van der Waals surface area contributed by atoms with Gasteiger partial charge in [0.15, 0.2) is 5.78 Å². The van der Waals surface area contributed by atoms with E-state index in [1.807, 2.05) is 69.3 Å². The summed E-state index contributed by atoms with van der Waals surface area (Å²) in [6, 6.07) is 15.2. The van der Waals surface area contributed by atoms with Crippen molar-refractivity contribution in [2.24, 2.45) is 17.3 Å². The van der Waals surface area contributed by atoms with Gasteiger partial charge in [0.25, 0.3) is 5.91 Å². The summed E-state index contributed by atoms with van der Waals surface area (Å²) in [7, 11) is 1.59. The zero-order chi connectivity index (χ0) is 32.6. The number of rotatable bonds is 11. The van der Waals surface area contributed by atoms with Crippen molar-refractivity contribution in [3.63, 3.8) is 0 Å². The molecule has 2 aliphatic heterocycles. The summed E-state index contributed by atoms with van der Waals surface area (Å²) >= 11 is 0. The van der Waals surface area contributed by atoms with Crippen LogP contribution in [0.4, 0.5) is 0 Å². The number of nitrogens with one attached hydrogen (secondary N) is 3. The highest BCUT2D eigenvalue weighted by Crippen LogP contribution is 2.44. The number of Topliss-reactive ketones (excluding diaryl/α,β-unsaturated/α-hetero) is 1. The van der Waals surface area contributed by atoms with Gasteiger partial charge >= 0.3 is 0 Å². The molecule has 3 amide bonds. The number of likely N-dealkylation sites (tertiary alicyclic amines) is 1. The minimum absolute atomic E-state index is 0.00255. The van der Waals surface area contributed by atoms with Crippen molar-refractivity contribution in [2.45, 2.75) is 77.1 Å². The maximum absolute atomic E-state index is 14.3. The van der Waals surface area contributed by atoms with Gasteiger partial charge in [0, 0.05) is 23.0 Å². The lowest BCUT2D eigenvalue weighted by Crippen LogP contribution is -2.54. The second kappa shape index (κ2) is 12.5. The Morgan fingerprint density at radius 3 is 2.57 bits per heavy atom. The zero-order valence-electron chi connectivity index (χ0n) is 27.1. The van der Waals surface area contributed by atoms with Crippen LogP contribution in [0, 0.1) is 17.3 Å². The molecule has 1 aliphatic carbocycles. The van der Waals surface area contributed by atoms with Crippen LogP contribution < -0.4 is 15.4 Å². The van der Waals surface area contributed by atoms with Gasteiger partial charge in [-0.1, -0.05) is 49.7 Å². The van der Waals surface area contributed by atoms with Crippen LogP contribution in [0.1, 0.15) is 68.9 Å². The number of amides is 3. The average molecular weight is 629 g/mol. The molecule has 1 saturated carbocycles. The Morgan fingerprint density at radius 2 is 1.85 bits per heavy atom. The lowest BCUT2D eigenvalue weighted by atomic mass is 9.77. The monoisotopic (exact) mass is 628 g/mol. The largest absolute Gasteiger partial charge is 0.496 e. The van der Waals surface area contributed by atoms with Crippen molar-refractivity contribution in [3.8, 4) is 5.75 Å². The Morgan fingerprint density at radius 1 is 1.07 bits per heavy atom. The number of fused-ring (bicyclic) bond motifs is 2. The predicted molar refractivity (Wildman–Crippen MR) is 173 cm³/mol. The van der Waals surface area contributed by atoms with Crippen LogP contribution in [0.3, 0.4) is 0 Å². The molecule has 2 saturated heterocycles. The smallest absolute Gasteiger partial charge is 0.271 e. The minimum atomic E-state index is -0.956. The summed E-state index contributed by atoms with van der Waals surface area (Å²) in [5.41, 5.74) is 0.802. The highest BCUT2D eigenvalue weighted by molar-refractivity contribution is 6.02. The summed E-state index contributed by atoms with van der Waals surface area (Å²) in [5, 5.41) is 6.85. The molecule has 244 valence electrons. The third kappa shape index (κ3) is 6.27. The number of hydrogen-bond donors (Lipinski definition) is 3. The molecular formula is C36H44N4O6. The first kappa shape index (κ1) is 31.8. The molecule has 3 N–H and O–H groups in total. The molecule has 3 aromatic rings. The van der Waals surface area contributed by atoms with Crippen LogP contribution >= 0.6 is 0 Å². The van der Waals surface area contributed by atoms with Gasteiger partial charge in [-0.15, -0.1) is 0 Å². The third-order valence-corrected chi connectivity index (χ3v) is 10.0. The molecule has 1 aromatic heterocycles. The molecule has 1 unspecified atom stereocenters. The fourth-order valence-corrected chi connectivity index (χ4v) is 8.05. The van der Waals surface area contributed by atoms with E-state index >= 15 is 0 Å². The van der Waals surface area contributed by atoms with Crippen molar-refractivity contribution >= 4 is 34.4 Å². The minimum Gasteiger partial charge on any atom is -0.496 e. The summed E-state index contributed by atoms with van der Waals surface area (Å²) in [6.07, 6.45) is 3.43. The maximum atomic E-state index is 14.3. The molecule has 10 nitrogen and oxygen atoms in total. The van der Waals surface area contributed by atoms with Gasteiger partial charge in [0.1, 0.15) is 24.1 Å². The molecule has 0 bridgehead atoms. The Hall–Kier alpha value is -4.18. The number of hydrogen-bond acceptors (Lipinski definition) is 6. The van der Waals surface area contributed by atoms with Gasteiger partial charge in [-0.25, -0.2) is 0 Å². The van der Waals surface area contributed by atoms with Crippen LogP contribution in [-0.2, 0) is 25.7 Å². The predicted octanol–water partition coefficient (Wildman–Crippen LogP) is 4.38. The quantitative estimate of drug-likeness (QED) is 0.289. The number of aromatic nitrogens is 1. The number of benzene rings is 2. The number of methoxy groups -OCH3 is 1. The Labute approximate surface area is 269 Å². The van der Waals surface area contributed by atoms with Gasteiger partial charge in [-0.2, -0.15) is 0 Å². The molecule has 0 radical (unpaired) electrons. The SMILES string of the molecule is COc1cccc2[nH]c(C(=O)N3C[C@@H]4CCC[C@@H]4[C@H]3C(=O)NC(C[C@]3(C)CC(C)(C)NC3=O)C(=O)COCc3ccccc3)cc12. The van der Waals surface area contributed by atoms with E-state index in [0.29, 0.717) is 24.4 Å². The van der Waals surface area contributed by atoms with Crippen molar-refractivity contribution in [1.29, 1.82) is 0 Å². The Kier molecular flexibility index (Phi) is 8.67. The number of carbonyl (C=O) groups is 4. The van der Waals surface area contributed by atoms with E-state index in [4.69, 9.17) is 9.47 Å². The Bertz CT molecular complexity index is 1630. The van der Waals surface area contributed by atoms with E-state index in [1.54, 1.807) is 18.1 Å². The second-order valence-corrected chi connectivity index (χ2v) is 14.1. The molecule has 0 spiro atoms. The van der Waals surface area contributed by atoms with Crippen LogP contribution in [-0.4, -0.2) is 71.3 Å².